The van der Waals surface area contributed by atoms with Crippen LogP contribution in [0.15, 0.2) is 12.1 Å². The molecule has 3 rings (SSSR count). The lowest BCUT2D eigenvalue weighted by Gasteiger charge is -2.29. The van der Waals surface area contributed by atoms with E-state index in [1.165, 1.54) is 25.7 Å². The van der Waals surface area contributed by atoms with Crippen LogP contribution in [0.5, 0.6) is 0 Å². The fraction of sp³-hybridized carbons (Fsp3) is 0.533. The van der Waals surface area contributed by atoms with Crippen molar-refractivity contribution in [2.45, 2.75) is 44.6 Å². The molecule has 0 spiro atoms. The molecule has 0 radical (unpaired) electrons. The molecule has 2 nitrogen and oxygen atoms in total. The molecular formula is C15H17Cl3N2. The van der Waals surface area contributed by atoms with Gasteiger partial charge in [0.2, 0.25) is 0 Å². The molecule has 1 fully saturated rings. The molecule has 5 heteroatoms. The van der Waals surface area contributed by atoms with Gasteiger partial charge in [-0.2, -0.15) is 0 Å². The summed E-state index contributed by atoms with van der Waals surface area (Å²) in [7, 11) is 0. The predicted octanol–water partition coefficient (Wildman–Crippen LogP) is 5.41. The Kier molecular flexibility index (Phi) is 3.91. The fourth-order valence-corrected chi connectivity index (χ4v) is 3.82. The maximum Gasteiger partial charge on any atom is 0.111 e. The van der Waals surface area contributed by atoms with Gasteiger partial charge in [0, 0.05) is 17.8 Å². The van der Waals surface area contributed by atoms with Crippen LogP contribution in [0.2, 0.25) is 10.0 Å². The molecule has 0 amide bonds. The lowest BCUT2D eigenvalue weighted by molar-refractivity contribution is 0.329. The Hall–Kier alpha value is -0.440. The molecule has 0 unspecified atom stereocenters. The highest BCUT2D eigenvalue weighted by Crippen LogP contribution is 2.40. The van der Waals surface area contributed by atoms with E-state index in [1.54, 1.807) is 0 Å². The van der Waals surface area contributed by atoms with Crippen molar-refractivity contribution in [2.75, 3.05) is 5.88 Å². The standard InChI is InChI=1S/C15H17Cl3N2/c1-15(5-2-3-6-15)20-13-9-11(18)10(17)8-12(13)19-14(20)4-7-16/h8-9H,2-7H2,1H3. The van der Waals surface area contributed by atoms with Gasteiger partial charge in [0.1, 0.15) is 5.82 Å². The second-order valence-corrected chi connectivity index (χ2v) is 6.95. The highest BCUT2D eigenvalue weighted by Gasteiger charge is 2.33. The van der Waals surface area contributed by atoms with Gasteiger partial charge in [-0.3, -0.25) is 0 Å². The molecule has 1 aliphatic carbocycles. The number of imidazole rings is 1. The summed E-state index contributed by atoms with van der Waals surface area (Å²) in [5.41, 5.74) is 2.10. The Balaban J connectivity index is 2.25. The number of halogens is 3. The zero-order chi connectivity index (χ0) is 14.3. The molecule has 0 atom stereocenters. The first-order valence-electron chi connectivity index (χ1n) is 6.98. The van der Waals surface area contributed by atoms with Crippen LogP contribution in [0.4, 0.5) is 0 Å². The van der Waals surface area contributed by atoms with E-state index in [0.29, 0.717) is 15.9 Å². The summed E-state index contributed by atoms with van der Waals surface area (Å²) < 4.78 is 2.35. The van der Waals surface area contributed by atoms with Gasteiger partial charge in [0.05, 0.1) is 21.1 Å². The highest BCUT2D eigenvalue weighted by atomic mass is 35.5. The van der Waals surface area contributed by atoms with E-state index in [0.717, 1.165) is 23.3 Å². The van der Waals surface area contributed by atoms with Crippen LogP contribution >= 0.6 is 34.8 Å². The SMILES string of the molecule is CC1(n2c(CCCl)nc3cc(Cl)c(Cl)cc32)CCCC1. The number of rotatable bonds is 3. The second kappa shape index (κ2) is 5.40. The zero-order valence-electron chi connectivity index (χ0n) is 11.4. The molecule has 0 aliphatic heterocycles. The van der Waals surface area contributed by atoms with Gasteiger partial charge >= 0.3 is 0 Å². The van der Waals surface area contributed by atoms with Crippen molar-refractivity contribution in [2.24, 2.45) is 0 Å². The topological polar surface area (TPSA) is 17.8 Å². The van der Waals surface area contributed by atoms with Crippen molar-refractivity contribution in [1.29, 1.82) is 0 Å². The van der Waals surface area contributed by atoms with E-state index in [4.69, 9.17) is 39.8 Å². The van der Waals surface area contributed by atoms with Crippen LogP contribution < -0.4 is 0 Å². The van der Waals surface area contributed by atoms with Crippen LogP contribution in [-0.4, -0.2) is 15.4 Å². The summed E-state index contributed by atoms with van der Waals surface area (Å²) in [4.78, 5) is 4.73. The lowest BCUT2D eigenvalue weighted by Crippen LogP contribution is -2.28. The maximum atomic E-state index is 6.20. The van der Waals surface area contributed by atoms with Crippen LogP contribution in [0.3, 0.4) is 0 Å². The third kappa shape index (κ3) is 2.32. The van der Waals surface area contributed by atoms with E-state index in [1.807, 2.05) is 12.1 Å². The number of alkyl halides is 1. The highest BCUT2D eigenvalue weighted by molar-refractivity contribution is 6.42. The Morgan fingerprint density at radius 1 is 1.20 bits per heavy atom. The molecule has 108 valence electrons. The number of benzene rings is 1. The molecule has 2 aromatic rings. The Bertz CT molecular complexity index is 642. The Labute approximate surface area is 134 Å². The largest absolute Gasteiger partial charge is 0.322 e. The smallest absolute Gasteiger partial charge is 0.111 e. The Morgan fingerprint density at radius 2 is 1.85 bits per heavy atom. The molecule has 0 bridgehead atoms. The number of aromatic nitrogens is 2. The molecule has 1 aromatic carbocycles. The number of nitrogens with zero attached hydrogens (tertiary/aromatic N) is 2. The van der Waals surface area contributed by atoms with Crippen LogP contribution in [0.25, 0.3) is 11.0 Å². The fourth-order valence-electron chi connectivity index (χ4n) is 3.34. The number of hydrogen-bond donors (Lipinski definition) is 0. The molecule has 1 aromatic heterocycles. The summed E-state index contributed by atoms with van der Waals surface area (Å²) in [5, 5.41) is 1.14. The predicted molar refractivity (Wildman–Crippen MR) is 86.3 cm³/mol. The van der Waals surface area contributed by atoms with Crippen LogP contribution in [-0.2, 0) is 12.0 Å². The third-order valence-electron chi connectivity index (χ3n) is 4.30. The number of fused-ring (bicyclic) bond motifs is 1. The van der Waals surface area contributed by atoms with Crippen LogP contribution in [0.1, 0.15) is 38.4 Å². The van der Waals surface area contributed by atoms with Crippen molar-refractivity contribution >= 4 is 45.8 Å². The summed E-state index contributed by atoms with van der Waals surface area (Å²) in [6.45, 7) is 2.31. The molecule has 0 saturated heterocycles. The molecular weight excluding hydrogens is 315 g/mol. The average Bonchev–Trinajstić information content (AvgIpc) is 2.96. The van der Waals surface area contributed by atoms with E-state index in [-0.39, 0.29) is 5.54 Å². The Morgan fingerprint density at radius 3 is 2.50 bits per heavy atom. The van der Waals surface area contributed by atoms with Crippen molar-refractivity contribution in [3.8, 4) is 0 Å². The molecule has 20 heavy (non-hydrogen) atoms. The van der Waals surface area contributed by atoms with Gasteiger partial charge in [-0.15, -0.1) is 11.6 Å². The van der Waals surface area contributed by atoms with Crippen molar-refractivity contribution < 1.29 is 0 Å². The molecule has 1 aliphatic rings. The first kappa shape index (κ1) is 14.5. The minimum Gasteiger partial charge on any atom is -0.322 e. The summed E-state index contributed by atoms with van der Waals surface area (Å²) >= 11 is 18.3. The summed E-state index contributed by atoms with van der Waals surface area (Å²) in [6.07, 6.45) is 5.64. The second-order valence-electron chi connectivity index (χ2n) is 5.76. The summed E-state index contributed by atoms with van der Waals surface area (Å²) in [6, 6.07) is 3.79. The van der Waals surface area contributed by atoms with Crippen LogP contribution in [0, 0.1) is 0 Å². The first-order chi connectivity index (χ1) is 9.55. The lowest BCUT2D eigenvalue weighted by atomic mass is 9.99. The van der Waals surface area contributed by atoms with E-state index in [2.05, 4.69) is 11.5 Å². The van der Waals surface area contributed by atoms with Crippen molar-refractivity contribution in [1.82, 2.24) is 9.55 Å². The third-order valence-corrected chi connectivity index (χ3v) is 5.22. The maximum absolute atomic E-state index is 6.20. The van der Waals surface area contributed by atoms with Gasteiger partial charge in [0.25, 0.3) is 0 Å². The minimum atomic E-state index is 0.118. The van der Waals surface area contributed by atoms with Gasteiger partial charge in [-0.25, -0.2) is 4.98 Å². The van der Waals surface area contributed by atoms with Crippen molar-refractivity contribution in [3.05, 3.63) is 28.0 Å². The quantitative estimate of drug-likeness (QED) is 0.687. The number of aryl methyl sites for hydroxylation is 1. The summed E-state index contributed by atoms with van der Waals surface area (Å²) in [5.74, 6) is 1.61. The zero-order valence-corrected chi connectivity index (χ0v) is 13.7. The van der Waals surface area contributed by atoms with Gasteiger partial charge in [0.15, 0.2) is 0 Å². The van der Waals surface area contributed by atoms with Gasteiger partial charge in [-0.1, -0.05) is 36.0 Å². The van der Waals surface area contributed by atoms with Gasteiger partial charge < -0.3 is 4.57 Å². The minimum absolute atomic E-state index is 0.118. The number of hydrogen-bond acceptors (Lipinski definition) is 1. The average molecular weight is 332 g/mol. The van der Waals surface area contributed by atoms with E-state index in [9.17, 15) is 0 Å². The molecule has 1 heterocycles. The van der Waals surface area contributed by atoms with Gasteiger partial charge in [-0.05, 0) is 31.9 Å². The molecule has 0 N–H and O–H groups in total. The first-order valence-corrected chi connectivity index (χ1v) is 8.27. The van der Waals surface area contributed by atoms with E-state index < -0.39 is 0 Å². The van der Waals surface area contributed by atoms with E-state index >= 15 is 0 Å². The normalized spacial score (nSPS) is 18.0. The van der Waals surface area contributed by atoms with Crippen molar-refractivity contribution in [3.63, 3.8) is 0 Å². The monoisotopic (exact) mass is 330 g/mol. The molecule has 1 saturated carbocycles.